The molecule has 1 heterocycles. The molecule has 1 aromatic heterocycles. The first kappa shape index (κ1) is 15.8. The van der Waals surface area contributed by atoms with Crippen molar-refractivity contribution in [3.05, 3.63) is 11.1 Å². The van der Waals surface area contributed by atoms with Gasteiger partial charge in [-0.15, -0.1) is 5.10 Å². The minimum absolute atomic E-state index is 0. The maximum absolute atomic E-state index is 5.48. The first-order valence-electron chi connectivity index (χ1n) is 4.60. The van der Waals surface area contributed by atoms with Crippen LogP contribution in [0.25, 0.3) is 0 Å². The van der Waals surface area contributed by atoms with Crippen LogP contribution < -0.4 is 0 Å². The topological polar surface area (TPSA) is 39.9 Å². The van der Waals surface area contributed by atoms with Gasteiger partial charge in [0.15, 0.2) is 0 Å². The van der Waals surface area contributed by atoms with Crippen LogP contribution in [0.3, 0.4) is 0 Å². The van der Waals surface area contributed by atoms with E-state index in [9.17, 15) is 0 Å². The summed E-state index contributed by atoms with van der Waals surface area (Å²) in [7, 11) is -0.970. The molecule has 0 aliphatic heterocycles. The van der Waals surface area contributed by atoms with Crippen molar-refractivity contribution in [1.82, 2.24) is 14.8 Å². The predicted octanol–water partition coefficient (Wildman–Crippen LogP) is 1.70. The third kappa shape index (κ3) is 7.65. The fourth-order valence-electron chi connectivity index (χ4n) is 0.871. The van der Waals surface area contributed by atoms with Gasteiger partial charge in [-0.2, -0.15) is 0 Å². The summed E-state index contributed by atoms with van der Waals surface area (Å²) in [5, 5.41) is 4.05. The van der Waals surface area contributed by atoms with E-state index in [4.69, 9.17) is 4.74 Å². The number of halogens is 1. The van der Waals surface area contributed by atoms with E-state index < -0.39 is 8.07 Å². The molecule has 0 aliphatic carbocycles. The Labute approximate surface area is 122 Å². The third-order valence-electron chi connectivity index (χ3n) is 1.73. The van der Waals surface area contributed by atoms with E-state index in [-0.39, 0.29) is 29.6 Å². The van der Waals surface area contributed by atoms with Gasteiger partial charge in [0.2, 0.25) is 4.73 Å². The number of hydrogen-bond acceptors (Lipinski definition) is 3. The summed E-state index contributed by atoms with van der Waals surface area (Å²) < 4.78 is 7.76. The Hall–Kier alpha value is 0.797. The Balaban J connectivity index is 0.00000196. The standard InChI is InChI=1S/C8H16BrN3OSi.Na.H/c1-14(2,3)5-4-13-7-12-6-10-8(9)11-12;;/h6H,4-5,7H2,1-3H3;;. The van der Waals surface area contributed by atoms with Crippen molar-refractivity contribution >= 4 is 53.6 Å². The van der Waals surface area contributed by atoms with Crippen LogP contribution in [0.1, 0.15) is 0 Å². The van der Waals surface area contributed by atoms with Crippen LogP contribution in [-0.4, -0.2) is 59.0 Å². The molecule has 1 rings (SSSR count). The van der Waals surface area contributed by atoms with Gasteiger partial charge in [0, 0.05) is 14.7 Å². The molecule has 15 heavy (non-hydrogen) atoms. The van der Waals surface area contributed by atoms with E-state index in [1.165, 1.54) is 6.04 Å². The summed E-state index contributed by atoms with van der Waals surface area (Å²) in [5.41, 5.74) is 0. The predicted molar refractivity (Wildman–Crippen MR) is 69.0 cm³/mol. The normalized spacial score (nSPS) is 11.2. The zero-order chi connectivity index (χ0) is 10.6. The molecule has 0 fully saturated rings. The van der Waals surface area contributed by atoms with Crippen molar-refractivity contribution < 1.29 is 4.74 Å². The van der Waals surface area contributed by atoms with Gasteiger partial charge in [0.1, 0.15) is 13.1 Å². The fourth-order valence-corrected chi connectivity index (χ4v) is 1.92. The van der Waals surface area contributed by atoms with Crippen molar-refractivity contribution in [3.8, 4) is 0 Å². The van der Waals surface area contributed by atoms with Gasteiger partial charge in [-0.05, 0) is 22.0 Å². The van der Waals surface area contributed by atoms with Gasteiger partial charge in [-0.25, -0.2) is 9.67 Å². The van der Waals surface area contributed by atoms with Crippen LogP contribution in [0, 0.1) is 0 Å². The Bertz CT molecular complexity index is 290. The van der Waals surface area contributed by atoms with Crippen molar-refractivity contribution in [2.75, 3.05) is 6.61 Å². The second-order valence-electron chi connectivity index (χ2n) is 4.40. The van der Waals surface area contributed by atoms with Crippen LogP contribution in [0.15, 0.2) is 11.1 Å². The second-order valence-corrected chi connectivity index (χ2v) is 10.7. The van der Waals surface area contributed by atoms with Crippen LogP contribution in [0.5, 0.6) is 0 Å². The molecular weight excluding hydrogens is 285 g/mol. The second kappa shape index (κ2) is 7.19. The average Bonchev–Trinajstić information content (AvgIpc) is 2.44. The molecule has 0 aromatic carbocycles. The van der Waals surface area contributed by atoms with Gasteiger partial charge in [-0.3, -0.25) is 0 Å². The Morgan fingerprint density at radius 3 is 2.60 bits per heavy atom. The number of aromatic nitrogens is 3. The number of ether oxygens (including phenoxy) is 1. The number of hydrogen-bond donors (Lipinski definition) is 0. The molecule has 4 nitrogen and oxygen atoms in total. The van der Waals surface area contributed by atoms with Crippen molar-refractivity contribution in [1.29, 1.82) is 0 Å². The molecule has 0 spiro atoms. The van der Waals surface area contributed by atoms with Gasteiger partial charge < -0.3 is 4.74 Å². The molecule has 0 saturated heterocycles. The van der Waals surface area contributed by atoms with Crippen molar-refractivity contribution in [3.63, 3.8) is 0 Å². The molecule has 0 saturated carbocycles. The SMILES string of the molecule is C[Si](C)(C)CCOCn1cnc(Br)n1.[NaH]. The van der Waals surface area contributed by atoms with Crippen molar-refractivity contribution in [2.24, 2.45) is 0 Å². The van der Waals surface area contributed by atoms with Crippen LogP contribution in [0.4, 0.5) is 0 Å². The first-order valence-corrected chi connectivity index (χ1v) is 9.10. The molecule has 0 bridgehead atoms. The number of nitrogens with zero attached hydrogens (tertiary/aromatic N) is 3. The molecule has 0 amide bonds. The first-order chi connectivity index (χ1) is 6.47. The Kier molecular flexibility index (Phi) is 7.57. The maximum atomic E-state index is 5.48. The molecule has 0 aliphatic rings. The van der Waals surface area contributed by atoms with Gasteiger partial charge in [0.25, 0.3) is 0 Å². The Morgan fingerprint density at radius 1 is 1.47 bits per heavy atom. The van der Waals surface area contributed by atoms with E-state index in [1.807, 2.05) is 0 Å². The number of rotatable bonds is 5. The van der Waals surface area contributed by atoms with Gasteiger partial charge >= 0.3 is 29.6 Å². The summed E-state index contributed by atoms with van der Waals surface area (Å²) in [6, 6.07) is 1.18. The van der Waals surface area contributed by atoms with Gasteiger partial charge in [-0.1, -0.05) is 19.6 Å². The zero-order valence-electron chi connectivity index (χ0n) is 8.83. The molecule has 0 atom stereocenters. The van der Waals surface area contributed by atoms with Crippen molar-refractivity contribution in [2.45, 2.75) is 32.4 Å². The molecule has 0 N–H and O–H groups in total. The van der Waals surface area contributed by atoms with E-state index in [0.29, 0.717) is 11.5 Å². The van der Waals surface area contributed by atoms with E-state index in [1.54, 1.807) is 11.0 Å². The van der Waals surface area contributed by atoms with Gasteiger partial charge in [0.05, 0.1) is 0 Å². The van der Waals surface area contributed by atoms with E-state index >= 15 is 0 Å². The summed E-state index contributed by atoms with van der Waals surface area (Å²) in [6.45, 7) is 8.31. The molecule has 0 radical (unpaired) electrons. The summed E-state index contributed by atoms with van der Waals surface area (Å²) in [5.74, 6) is 0. The average molecular weight is 302 g/mol. The monoisotopic (exact) mass is 301 g/mol. The zero-order valence-corrected chi connectivity index (χ0v) is 11.4. The summed E-state index contributed by atoms with van der Waals surface area (Å²) >= 11 is 3.18. The minimum atomic E-state index is -0.970. The Morgan fingerprint density at radius 2 is 2.13 bits per heavy atom. The molecule has 0 unspecified atom stereocenters. The van der Waals surface area contributed by atoms with Crippen LogP contribution >= 0.6 is 15.9 Å². The molecule has 82 valence electrons. The van der Waals surface area contributed by atoms with Crippen LogP contribution in [-0.2, 0) is 11.5 Å². The molecular formula is C8H17BrN3NaOSi. The third-order valence-corrected chi connectivity index (χ3v) is 3.80. The van der Waals surface area contributed by atoms with Crippen LogP contribution in [0.2, 0.25) is 25.7 Å². The van der Waals surface area contributed by atoms with E-state index in [0.717, 1.165) is 6.61 Å². The summed E-state index contributed by atoms with van der Waals surface area (Å²) in [4.78, 5) is 3.94. The molecule has 7 heteroatoms. The quantitative estimate of drug-likeness (QED) is 0.614. The van der Waals surface area contributed by atoms with E-state index in [2.05, 4.69) is 45.7 Å². The fraction of sp³-hybridized carbons (Fsp3) is 0.750. The summed E-state index contributed by atoms with van der Waals surface area (Å²) in [6.07, 6.45) is 1.65. The molecule has 1 aromatic rings.